The van der Waals surface area contributed by atoms with E-state index in [4.69, 9.17) is 4.74 Å². The quantitative estimate of drug-likeness (QED) is 0.834. The molecule has 0 aliphatic carbocycles. The zero-order valence-corrected chi connectivity index (χ0v) is 16.8. The summed E-state index contributed by atoms with van der Waals surface area (Å²) in [6.45, 7) is 11.3. The van der Waals surface area contributed by atoms with E-state index >= 15 is 0 Å². The summed E-state index contributed by atoms with van der Waals surface area (Å²) in [5.41, 5.74) is 0.990. The van der Waals surface area contributed by atoms with E-state index in [2.05, 4.69) is 21.8 Å². The molecule has 1 aromatic heterocycles. The number of likely N-dealkylation sites (tertiary alicyclic amines) is 1. The van der Waals surface area contributed by atoms with E-state index in [1.54, 1.807) is 0 Å². The number of nitrogens with zero attached hydrogens (tertiary/aromatic N) is 3. The van der Waals surface area contributed by atoms with Gasteiger partial charge in [-0.05, 0) is 32.6 Å². The predicted molar refractivity (Wildman–Crippen MR) is 104 cm³/mol. The lowest BCUT2D eigenvalue weighted by molar-refractivity contribution is -0.132. The van der Waals surface area contributed by atoms with Crippen LogP contribution in [0, 0.1) is 12.8 Å². The first-order valence-electron chi connectivity index (χ1n) is 10.2. The van der Waals surface area contributed by atoms with Crippen LogP contribution >= 0.6 is 0 Å². The van der Waals surface area contributed by atoms with Crippen LogP contribution < -0.4 is 5.56 Å². The molecule has 2 fully saturated rings. The number of carbonyl (C=O) groups excluding carboxylic acids is 1. The minimum Gasteiger partial charge on any atom is -0.379 e. The number of rotatable bonds is 5. The Labute approximate surface area is 161 Å². The van der Waals surface area contributed by atoms with Crippen molar-refractivity contribution in [1.82, 2.24) is 19.8 Å². The zero-order chi connectivity index (χ0) is 19.4. The number of nitrogens with one attached hydrogen (secondary N) is 1. The molecule has 1 N–H and O–H groups in total. The Balaban J connectivity index is 1.55. The molecule has 2 aliphatic heterocycles. The molecule has 0 aromatic carbocycles. The van der Waals surface area contributed by atoms with Crippen molar-refractivity contribution in [2.45, 2.75) is 52.5 Å². The fourth-order valence-corrected chi connectivity index (χ4v) is 4.22. The minimum absolute atomic E-state index is 0.0344. The molecule has 0 bridgehead atoms. The Morgan fingerprint density at radius 3 is 2.52 bits per heavy atom. The standard InChI is InChI=1S/C20H32N4O3/c1-4-18-21-14(2)17(20(26)22-18)13-19(25)24-7-5-16(6-8-24)15(3)23-9-11-27-12-10-23/h15-16H,4-13H2,1-3H3,(H,21,22,26)/t15-/m0/s1. The highest BCUT2D eigenvalue weighted by atomic mass is 16.5. The zero-order valence-electron chi connectivity index (χ0n) is 16.8. The average Bonchev–Trinajstić information content (AvgIpc) is 2.70. The van der Waals surface area contributed by atoms with Gasteiger partial charge in [-0.2, -0.15) is 0 Å². The van der Waals surface area contributed by atoms with Crippen LogP contribution in [0.3, 0.4) is 0 Å². The van der Waals surface area contributed by atoms with Crippen molar-refractivity contribution in [3.8, 4) is 0 Å². The number of H-pyrrole nitrogens is 1. The SMILES string of the molecule is CCc1nc(C)c(CC(=O)N2CCC([C@H](C)N3CCOCC3)CC2)c(=O)[nH]1. The molecule has 0 radical (unpaired) electrons. The number of hydrogen-bond acceptors (Lipinski definition) is 5. The van der Waals surface area contributed by atoms with Gasteiger partial charge >= 0.3 is 0 Å². The number of aryl methyl sites for hydroxylation is 2. The van der Waals surface area contributed by atoms with Gasteiger partial charge in [-0.15, -0.1) is 0 Å². The molecule has 0 saturated carbocycles. The Kier molecular flexibility index (Phi) is 6.65. The highest BCUT2D eigenvalue weighted by Gasteiger charge is 2.30. The minimum atomic E-state index is -0.177. The van der Waals surface area contributed by atoms with Gasteiger partial charge in [0, 0.05) is 49.9 Å². The molecule has 150 valence electrons. The molecule has 3 rings (SSSR count). The maximum absolute atomic E-state index is 12.7. The second kappa shape index (κ2) is 8.97. The first kappa shape index (κ1) is 20.0. The summed E-state index contributed by atoms with van der Waals surface area (Å²) in [6, 6.07) is 0.530. The van der Waals surface area contributed by atoms with E-state index in [0.29, 0.717) is 35.5 Å². The highest BCUT2D eigenvalue weighted by Crippen LogP contribution is 2.25. The van der Waals surface area contributed by atoms with Gasteiger partial charge in [-0.25, -0.2) is 4.98 Å². The predicted octanol–water partition coefficient (Wildman–Crippen LogP) is 1.14. The van der Waals surface area contributed by atoms with Crippen molar-refractivity contribution >= 4 is 5.91 Å². The van der Waals surface area contributed by atoms with Gasteiger partial charge < -0.3 is 14.6 Å². The Morgan fingerprint density at radius 1 is 1.26 bits per heavy atom. The largest absolute Gasteiger partial charge is 0.379 e. The van der Waals surface area contributed by atoms with Crippen molar-refractivity contribution in [3.63, 3.8) is 0 Å². The molecular formula is C20H32N4O3. The summed E-state index contributed by atoms with van der Waals surface area (Å²) in [7, 11) is 0. The number of aromatic amines is 1. The molecule has 1 amide bonds. The van der Waals surface area contributed by atoms with Crippen LogP contribution in [0.25, 0.3) is 0 Å². The fourth-order valence-electron chi connectivity index (χ4n) is 4.22. The maximum Gasteiger partial charge on any atom is 0.254 e. The molecule has 1 aromatic rings. The van der Waals surface area contributed by atoms with Gasteiger partial charge in [-0.3, -0.25) is 14.5 Å². The average molecular weight is 377 g/mol. The molecule has 0 unspecified atom stereocenters. The van der Waals surface area contributed by atoms with Crippen molar-refractivity contribution in [1.29, 1.82) is 0 Å². The van der Waals surface area contributed by atoms with Crippen molar-refractivity contribution in [2.24, 2.45) is 5.92 Å². The summed E-state index contributed by atoms with van der Waals surface area (Å²) >= 11 is 0. The molecule has 7 heteroatoms. The maximum atomic E-state index is 12.7. The Bertz CT molecular complexity index is 704. The normalized spacial score (nSPS) is 20.6. The monoisotopic (exact) mass is 376 g/mol. The number of amides is 1. The van der Waals surface area contributed by atoms with E-state index < -0.39 is 0 Å². The third-order valence-electron chi connectivity index (χ3n) is 6.13. The Hall–Kier alpha value is -1.73. The lowest BCUT2D eigenvalue weighted by atomic mass is 9.89. The number of carbonyl (C=O) groups is 1. The lowest BCUT2D eigenvalue weighted by Crippen LogP contribution is -2.49. The van der Waals surface area contributed by atoms with Gasteiger partial charge in [0.1, 0.15) is 5.82 Å². The summed E-state index contributed by atoms with van der Waals surface area (Å²) in [5, 5.41) is 0. The number of piperidine rings is 1. The van der Waals surface area contributed by atoms with Crippen LogP contribution in [-0.2, 0) is 22.4 Å². The van der Waals surface area contributed by atoms with Crippen molar-refractivity contribution < 1.29 is 9.53 Å². The van der Waals surface area contributed by atoms with Gasteiger partial charge in [-0.1, -0.05) is 6.92 Å². The highest BCUT2D eigenvalue weighted by molar-refractivity contribution is 5.79. The summed E-state index contributed by atoms with van der Waals surface area (Å²) in [4.78, 5) is 36.6. The molecule has 0 spiro atoms. The van der Waals surface area contributed by atoms with Gasteiger partial charge in [0.2, 0.25) is 5.91 Å². The third-order valence-corrected chi connectivity index (χ3v) is 6.13. The van der Waals surface area contributed by atoms with Gasteiger partial charge in [0.25, 0.3) is 5.56 Å². The van der Waals surface area contributed by atoms with Crippen LogP contribution in [-0.4, -0.2) is 71.1 Å². The lowest BCUT2D eigenvalue weighted by Gasteiger charge is -2.41. The number of ether oxygens (including phenoxy) is 1. The van der Waals surface area contributed by atoms with Crippen LogP contribution in [0.15, 0.2) is 4.79 Å². The van der Waals surface area contributed by atoms with Crippen molar-refractivity contribution in [2.75, 3.05) is 39.4 Å². The first-order valence-corrected chi connectivity index (χ1v) is 10.2. The van der Waals surface area contributed by atoms with E-state index in [9.17, 15) is 9.59 Å². The number of hydrogen-bond donors (Lipinski definition) is 1. The number of aromatic nitrogens is 2. The van der Waals surface area contributed by atoms with Crippen molar-refractivity contribution in [3.05, 3.63) is 27.4 Å². The fraction of sp³-hybridized carbons (Fsp3) is 0.750. The molecule has 1 atom stereocenters. The van der Waals surface area contributed by atoms with E-state index in [1.165, 1.54) is 0 Å². The topological polar surface area (TPSA) is 78.5 Å². The van der Waals surface area contributed by atoms with Crippen LogP contribution in [0.4, 0.5) is 0 Å². The van der Waals surface area contributed by atoms with Gasteiger partial charge in [0.05, 0.1) is 19.6 Å². The molecule has 3 heterocycles. The summed E-state index contributed by atoms with van der Waals surface area (Å²) in [5.74, 6) is 1.32. The molecule has 7 nitrogen and oxygen atoms in total. The van der Waals surface area contributed by atoms with Crippen LogP contribution in [0.1, 0.15) is 43.8 Å². The first-order chi connectivity index (χ1) is 13.0. The van der Waals surface area contributed by atoms with E-state index in [1.807, 2.05) is 18.7 Å². The second-order valence-corrected chi connectivity index (χ2v) is 7.71. The molecule has 2 saturated heterocycles. The summed E-state index contributed by atoms with van der Waals surface area (Å²) in [6.07, 6.45) is 2.86. The van der Waals surface area contributed by atoms with E-state index in [-0.39, 0.29) is 17.9 Å². The smallest absolute Gasteiger partial charge is 0.254 e. The van der Waals surface area contributed by atoms with Crippen LogP contribution in [0.2, 0.25) is 0 Å². The third kappa shape index (κ3) is 4.76. The second-order valence-electron chi connectivity index (χ2n) is 7.71. The Morgan fingerprint density at radius 2 is 1.93 bits per heavy atom. The molecular weight excluding hydrogens is 344 g/mol. The molecule has 2 aliphatic rings. The summed E-state index contributed by atoms with van der Waals surface area (Å²) < 4.78 is 5.45. The van der Waals surface area contributed by atoms with E-state index in [0.717, 1.165) is 52.2 Å². The number of morpholine rings is 1. The van der Waals surface area contributed by atoms with Crippen LogP contribution in [0.5, 0.6) is 0 Å². The molecule has 27 heavy (non-hydrogen) atoms. The van der Waals surface area contributed by atoms with Gasteiger partial charge in [0.15, 0.2) is 0 Å².